The number of likely N-dealkylation sites (tertiary alicyclic amines) is 1. The van der Waals surface area contributed by atoms with Crippen molar-refractivity contribution in [2.75, 3.05) is 25.0 Å². The number of hydrogen-bond donors (Lipinski definition) is 2. The van der Waals surface area contributed by atoms with E-state index in [4.69, 9.17) is 16.3 Å². The highest BCUT2D eigenvalue weighted by atomic mass is 35.5. The van der Waals surface area contributed by atoms with Crippen LogP contribution >= 0.6 is 11.6 Å². The number of benzene rings is 2. The number of ether oxygens (including phenoxy) is 1. The van der Waals surface area contributed by atoms with Crippen molar-refractivity contribution >= 4 is 34.0 Å². The van der Waals surface area contributed by atoms with Gasteiger partial charge in [0.15, 0.2) is 0 Å². The van der Waals surface area contributed by atoms with Gasteiger partial charge in [-0.15, -0.1) is 0 Å². The summed E-state index contributed by atoms with van der Waals surface area (Å²) in [5, 5.41) is 14.1. The molecule has 32 heavy (non-hydrogen) atoms. The molecule has 0 amide bonds. The number of fused-ring (bicyclic) bond motifs is 1. The van der Waals surface area contributed by atoms with Crippen LogP contribution in [0.25, 0.3) is 10.9 Å². The fourth-order valence-electron chi connectivity index (χ4n) is 4.24. The quantitative estimate of drug-likeness (QED) is 0.525. The number of aliphatic hydroxyl groups is 1. The highest BCUT2D eigenvalue weighted by molar-refractivity contribution is 6.31. The molecule has 4 rings (SSSR count). The molecule has 3 aromatic rings. The van der Waals surface area contributed by atoms with Crippen molar-refractivity contribution in [1.82, 2.24) is 14.9 Å². The van der Waals surface area contributed by atoms with Crippen molar-refractivity contribution in [1.29, 1.82) is 0 Å². The molecule has 1 fully saturated rings. The number of rotatable bonds is 6. The maximum Gasteiger partial charge on any atom is 0.141 e. The number of halogens is 2. The predicted octanol–water partition coefficient (Wildman–Crippen LogP) is 5.26. The van der Waals surface area contributed by atoms with E-state index in [0.717, 1.165) is 48.1 Å². The van der Waals surface area contributed by atoms with Gasteiger partial charge in [-0.2, -0.15) is 0 Å². The van der Waals surface area contributed by atoms with E-state index in [1.165, 1.54) is 18.5 Å². The maximum absolute atomic E-state index is 13.6. The zero-order valence-electron chi connectivity index (χ0n) is 18.5. The second kappa shape index (κ2) is 9.17. The van der Waals surface area contributed by atoms with Crippen molar-refractivity contribution in [3.05, 3.63) is 53.1 Å². The molecule has 8 heteroatoms. The third kappa shape index (κ3) is 4.51. The Labute approximate surface area is 192 Å². The largest absolute Gasteiger partial charge is 0.493 e. The van der Waals surface area contributed by atoms with Gasteiger partial charge in [0.05, 0.1) is 23.3 Å². The molecule has 0 bridgehead atoms. The number of nitrogens with one attached hydrogen (secondary N) is 1. The summed E-state index contributed by atoms with van der Waals surface area (Å²) in [5.41, 5.74) is 2.08. The van der Waals surface area contributed by atoms with Crippen LogP contribution in [0.5, 0.6) is 5.75 Å². The molecule has 2 aromatic carbocycles. The van der Waals surface area contributed by atoms with Gasteiger partial charge in [-0.25, -0.2) is 14.4 Å². The predicted molar refractivity (Wildman–Crippen MR) is 125 cm³/mol. The van der Waals surface area contributed by atoms with Crippen LogP contribution in [0.1, 0.15) is 39.2 Å². The highest BCUT2D eigenvalue weighted by Gasteiger charge is 2.34. The SMILES string of the molecule is CCOc1cc2ncnc(Nc3ccc(F)c(Cl)c3)c2cc1C(C)(C)N1CCC(O)CC1. The second-order valence-electron chi connectivity index (χ2n) is 8.55. The van der Waals surface area contributed by atoms with Gasteiger partial charge in [0.25, 0.3) is 0 Å². The minimum Gasteiger partial charge on any atom is -0.493 e. The molecular weight excluding hydrogens is 431 g/mol. The molecule has 0 spiro atoms. The van der Waals surface area contributed by atoms with E-state index in [1.54, 1.807) is 6.07 Å². The molecule has 0 radical (unpaired) electrons. The first-order valence-electron chi connectivity index (χ1n) is 10.9. The second-order valence-corrected chi connectivity index (χ2v) is 8.96. The number of anilines is 2. The molecule has 0 aliphatic carbocycles. The van der Waals surface area contributed by atoms with Crippen LogP contribution in [0.4, 0.5) is 15.9 Å². The average Bonchev–Trinajstić information content (AvgIpc) is 2.76. The van der Waals surface area contributed by atoms with E-state index in [2.05, 4.69) is 40.1 Å². The van der Waals surface area contributed by atoms with Crippen LogP contribution in [0.2, 0.25) is 5.02 Å². The smallest absolute Gasteiger partial charge is 0.141 e. The Bertz CT molecular complexity index is 1120. The maximum atomic E-state index is 13.6. The number of aliphatic hydroxyl groups excluding tert-OH is 1. The van der Waals surface area contributed by atoms with E-state index in [9.17, 15) is 9.50 Å². The zero-order valence-corrected chi connectivity index (χ0v) is 19.3. The van der Waals surface area contributed by atoms with E-state index >= 15 is 0 Å². The Balaban J connectivity index is 1.78. The summed E-state index contributed by atoms with van der Waals surface area (Å²) in [7, 11) is 0. The summed E-state index contributed by atoms with van der Waals surface area (Å²) in [6.07, 6.45) is 2.75. The fraction of sp³-hybridized carbons (Fsp3) is 0.417. The molecule has 1 aliphatic rings. The summed E-state index contributed by atoms with van der Waals surface area (Å²) in [4.78, 5) is 11.2. The normalized spacial score (nSPS) is 15.8. The molecule has 170 valence electrons. The van der Waals surface area contributed by atoms with Crippen molar-refractivity contribution in [3.63, 3.8) is 0 Å². The van der Waals surface area contributed by atoms with Crippen LogP contribution in [-0.2, 0) is 5.54 Å². The number of aromatic nitrogens is 2. The Kier molecular flexibility index (Phi) is 6.51. The monoisotopic (exact) mass is 458 g/mol. The summed E-state index contributed by atoms with van der Waals surface area (Å²) in [6, 6.07) is 8.48. The molecule has 0 atom stereocenters. The molecule has 1 aliphatic heterocycles. The summed E-state index contributed by atoms with van der Waals surface area (Å²) >= 11 is 5.95. The summed E-state index contributed by atoms with van der Waals surface area (Å²) < 4.78 is 19.6. The first-order chi connectivity index (χ1) is 15.3. The third-order valence-corrected chi connectivity index (χ3v) is 6.42. The van der Waals surface area contributed by atoms with Gasteiger partial charge in [0.1, 0.15) is 23.7 Å². The Morgan fingerprint density at radius 2 is 1.97 bits per heavy atom. The standard InChI is InChI=1S/C24H28ClFN4O2/c1-4-32-22-13-21-17(12-18(22)24(2,3)30-9-7-16(31)8-10-30)23(28-14-27-21)29-15-5-6-20(26)19(25)11-15/h5-6,11-14,16,31H,4,7-10H2,1-3H3,(H,27,28,29). The molecule has 1 saturated heterocycles. The fourth-order valence-corrected chi connectivity index (χ4v) is 4.42. The zero-order chi connectivity index (χ0) is 22.9. The lowest BCUT2D eigenvalue weighted by molar-refractivity contribution is 0.0277. The van der Waals surface area contributed by atoms with Crippen LogP contribution in [0.15, 0.2) is 36.7 Å². The lowest BCUT2D eigenvalue weighted by atomic mass is 9.88. The topological polar surface area (TPSA) is 70.5 Å². The third-order valence-electron chi connectivity index (χ3n) is 6.13. The first-order valence-corrected chi connectivity index (χ1v) is 11.2. The lowest BCUT2D eigenvalue weighted by Gasteiger charge is -2.43. The van der Waals surface area contributed by atoms with Crippen molar-refractivity contribution < 1.29 is 14.2 Å². The van der Waals surface area contributed by atoms with Gasteiger partial charge in [-0.1, -0.05) is 11.6 Å². The van der Waals surface area contributed by atoms with E-state index in [-0.39, 0.29) is 16.7 Å². The Hall–Kier alpha value is -2.48. The van der Waals surface area contributed by atoms with Crippen molar-refractivity contribution in [3.8, 4) is 5.75 Å². The van der Waals surface area contributed by atoms with Gasteiger partial charge < -0.3 is 15.2 Å². The Morgan fingerprint density at radius 3 is 2.66 bits per heavy atom. The van der Waals surface area contributed by atoms with Crippen LogP contribution < -0.4 is 10.1 Å². The van der Waals surface area contributed by atoms with E-state index in [0.29, 0.717) is 18.1 Å². The number of nitrogens with zero attached hydrogens (tertiary/aromatic N) is 3. The van der Waals surface area contributed by atoms with Gasteiger partial charge in [0.2, 0.25) is 0 Å². The summed E-state index contributed by atoms with van der Waals surface area (Å²) in [6.45, 7) is 8.46. The molecule has 0 saturated carbocycles. The number of piperidine rings is 1. The molecule has 1 aromatic heterocycles. The van der Waals surface area contributed by atoms with Crippen LogP contribution in [0.3, 0.4) is 0 Å². The lowest BCUT2D eigenvalue weighted by Crippen LogP contribution is -2.47. The van der Waals surface area contributed by atoms with Crippen molar-refractivity contribution in [2.45, 2.75) is 45.3 Å². The molecular formula is C24H28ClFN4O2. The summed E-state index contributed by atoms with van der Waals surface area (Å²) in [5.74, 6) is 0.916. The van der Waals surface area contributed by atoms with Crippen LogP contribution in [0, 0.1) is 5.82 Å². The van der Waals surface area contributed by atoms with Crippen LogP contribution in [-0.4, -0.2) is 45.8 Å². The van der Waals surface area contributed by atoms with E-state index < -0.39 is 5.82 Å². The minimum atomic E-state index is -0.471. The molecule has 0 unspecified atom stereocenters. The molecule has 2 heterocycles. The van der Waals surface area contributed by atoms with E-state index in [1.807, 2.05) is 13.0 Å². The van der Waals surface area contributed by atoms with Gasteiger partial charge in [-0.05, 0) is 57.9 Å². The molecule has 6 nitrogen and oxygen atoms in total. The molecule has 2 N–H and O–H groups in total. The van der Waals surface area contributed by atoms with Gasteiger partial charge in [0, 0.05) is 41.3 Å². The minimum absolute atomic E-state index is 0.0427. The van der Waals surface area contributed by atoms with Gasteiger partial charge >= 0.3 is 0 Å². The van der Waals surface area contributed by atoms with Crippen molar-refractivity contribution in [2.24, 2.45) is 0 Å². The van der Waals surface area contributed by atoms with Gasteiger partial charge in [-0.3, -0.25) is 4.90 Å². The highest BCUT2D eigenvalue weighted by Crippen LogP contribution is 2.40. The average molecular weight is 459 g/mol. The number of hydrogen-bond acceptors (Lipinski definition) is 6. The first kappa shape index (κ1) is 22.7. The Morgan fingerprint density at radius 1 is 1.22 bits per heavy atom.